The van der Waals surface area contributed by atoms with E-state index >= 15 is 0 Å². The van der Waals surface area contributed by atoms with Gasteiger partial charge in [-0.15, -0.1) is 0 Å². The van der Waals surface area contributed by atoms with Gasteiger partial charge in [0, 0.05) is 6.54 Å². The van der Waals surface area contributed by atoms with E-state index in [1.54, 1.807) is 28.0 Å². The van der Waals surface area contributed by atoms with Crippen molar-refractivity contribution in [1.82, 2.24) is 4.90 Å². The van der Waals surface area contributed by atoms with Gasteiger partial charge in [0.15, 0.2) is 6.61 Å². The summed E-state index contributed by atoms with van der Waals surface area (Å²) in [5, 5.41) is 0. The molecule has 3 aromatic carbocycles. The molecule has 0 saturated heterocycles. The molecule has 186 valence electrons. The first kappa shape index (κ1) is 25.0. The molecule has 0 bridgehead atoms. The Balaban J connectivity index is 1.65. The zero-order valence-electron chi connectivity index (χ0n) is 20.7. The highest BCUT2D eigenvalue weighted by atomic mass is 16.6. The zero-order chi connectivity index (χ0) is 25.7. The lowest BCUT2D eigenvalue weighted by Gasteiger charge is -2.33. The minimum absolute atomic E-state index is 0.100. The number of nitrogens with zero attached hydrogens (tertiary/aromatic N) is 2. The number of hydrogen-bond acceptors (Lipinski definition) is 5. The predicted octanol–water partition coefficient (Wildman–Crippen LogP) is 4.45. The number of fused-ring (bicyclic) bond motifs is 1. The summed E-state index contributed by atoms with van der Waals surface area (Å²) in [5.74, 6) is -0.338. The Morgan fingerprint density at radius 2 is 1.50 bits per heavy atom. The summed E-state index contributed by atoms with van der Waals surface area (Å²) in [6.45, 7) is 4.39. The lowest BCUT2D eigenvalue weighted by atomic mass is 9.99. The maximum atomic E-state index is 14.0. The van der Waals surface area contributed by atoms with Gasteiger partial charge in [-0.25, -0.2) is 4.79 Å². The summed E-state index contributed by atoms with van der Waals surface area (Å²) < 4.78 is 10.0. The van der Waals surface area contributed by atoms with E-state index in [4.69, 9.17) is 4.74 Å². The minimum Gasteiger partial charge on any atom is -0.482 e. The van der Waals surface area contributed by atoms with Gasteiger partial charge in [-0.3, -0.25) is 9.59 Å². The third-order valence-electron chi connectivity index (χ3n) is 6.22. The summed E-state index contributed by atoms with van der Waals surface area (Å²) in [7, 11) is 1.30. The number of hydrogen-bond donors (Lipinski definition) is 0. The fourth-order valence-corrected chi connectivity index (χ4v) is 4.42. The van der Waals surface area contributed by atoms with Crippen LogP contribution in [0.3, 0.4) is 0 Å². The number of anilines is 1. The van der Waals surface area contributed by atoms with Gasteiger partial charge >= 0.3 is 5.97 Å². The van der Waals surface area contributed by atoms with Crippen LogP contribution < -0.4 is 9.64 Å². The van der Waals surface area contributed by atoms with Gasteiger partial charge < -0.3 is 19.3 Å². The standard InChI is InChI=1S/C29H30N2O5/c1-20(2)27-29(34)30(17-21-9-5-4-6-10-21)25-12-8-7-11-24(25)28(33)31(27)18-22-13-15-23(16-14-22)36-19-26(32)35-3/h4-16,20,27H,17-19H2,1-3H3/t27-/m0/s1. The molecule has 0 N–H and O–H groups in total. The van der Waals surface area contributed by atoms with Crippen molar-refractivity contribution in [2.45, 2.75) is 33.0 Å². The molecule has 2 amide bonds. The van der Waals surface area contributed by atoms with Crippen molar-refractivity contribution in [2.75, 3.05) is 18.6 Å². The molecule has 0 aliphatic carbocycles. The van der Waals surface area contributed by atoms with Gasteiger partial charge in [0.2, 0.25) is 5.91 Å². The SMILES string of the molecule is COC(=O)COc1ccc(CN2C(=O)c3ccccc3N(Cc3ccccc3)C(=O)[C@@H]2C(C)C)cc1. The zero-order valence-corrected chi connectivity index (χ0v) is 20.7. The number of esters is 1. The molecular formula is C29H30N2O5. The second kappa shape index (κ2) is 11.1. The average Bonchev–Trinajstić information content (AvgIpc) is 2.98. The van der Waals surface area contributed by atoms with Gasteiger partial charge in [-0.2, -0.15) is 0 Å². The number of rotatable bonds is 8. The van der Waals surface area contributed by atoms with Gasteiger partial charge in [0.05, 0.1) is 24.9 Å². The van der Waals surface area contributed by atoms with E-state index in [2.05, 4.69) is 4.74 Å². The molecule has 0 fully saturated rings. The van der Waals surface area contributed by atoms with Crippen LogP contribution in [-0.4, -0.2) is 42.4 Å². The van der Waals surface area contributed by atoms with Crippen LogP contribution in [0.4, 0.5) is 5.69 Å². The fraction of sp³-hybridized carbons (Fsp3) is 0.276. The largest absolute Gasteiger partial charge is 0.482 e. The molecule has 3 aromatic rings. The topological polar surface area (TPSA) is 76.2 Å². The Morgan fingerprint density at radius 1 is 0.861 bits per heavy atom. The van der Waals surface area contributed by atoms with Crippen LogP contribution in [0, 0.1) is 5.92 Å². The number of benzene rings is 3. The number of carbonyl (C=O) groups excluding carboxylic acids is 3. The molecule has 1 atom stereocenters. The molecule has 7 heteroatoms. The molecule has 7 nitrogen and oxygen atoms in total. The Hall–Kier alpha value is -4.13. The van der Waals surface area contributed by atoms with Crippen LogP contribution in [0.15, 0.2) is 78.9 Å². The minimum atomic E-state index is -0.635. The highest BCUT2D eigenvalue weighted by Gasteiger charge is 2.41. The van der Waals surface area contributed by atoms with Crippen molar-refractivity contribution in [3.05, 3.63) is 95.6 Å². The Bertz CT molecular complexity index is 1220. The van der Waals surface area contributed by atoms with E-state index < -0.39 is 12.0 Å². The van der Waals surface area contributed by atoms with Gasteiger partial charge in [-0.05, 0) is 41.3 Å². The first-order valence-corrected chi connectivity index (χ1v) is 11.9. The van der Waals surface area contributed by atoms with E-state index in [0.29, 0.717) is 23.5 Å². The summed E-state index contributed by atoms with van der Waals surface area (Å²) in [6.07, 6.45) is 0. The van der Waals surface area contributed by atoms with E-state index in [9.17, 15) is 14.4 Å². The van der Waals surface area contributed by atoms with Gasteiger partial charge in [0.1, 0.15) is 11.8 Å². The van der Waals surface area contributed by atoms with E-state index in [-0.39, 0.29) is 30.9 Å². The van der Waals surface area contributed by atoms with Crippen molar-refractivity contribution >= 4 is 23.5 Å². The fourth-order valence-electron chi connectivity index (χ4n) is 4.42. The molecular weight excluding hydrogens is 456 g/mol. The highest BCUT2D eigenvalue weighted by molar-refractivity contribution is 6.11. The van der Waals surface area contributed by atoms with Crippen LogP contribution in [0.1, 0.15) is 35.3 Å². The molecule has 0 aromatic heterocycles. The number of methoxy groups -OCH3 is 1. The molecule has 1 heterocycles. The Kier molecular flexibility index (Phi) is 7.68. The van der Waals surface area contributed by atoms with Crippen molar-refractivity contribution in [1.29, 1.82) is 0 Å². The summed E-state index contributed by atoms with van der Waals surface area (Å²) >= 11 is 0. The predicted molar refractivity (Wildman–Crippen MR) is 137 cm³/mol. The Morgan fingerprint density at radius 3 is 2.17 bits per heavy atom. The van der Waals surface area contributed by atoms with Crippen molar-refractivity contribution < 1.29 is 23.9 Å². The second-order valence-corrected chi connectivity index (χ2v) is 9.06. The Labute approximate surface area is 211 Å². The van der Waals surface area contributed by atoms with Crippen molar-refractivity contribution in [3.8, 4) is 5.75 Å². The number of carbonyl (C=O) groups is 3. The second-order valence-electron chi connectivity index (χ2n) is 9.06. The van der Waals surface area contributed by atoms with Crippen molar-refractivity contribution in [3.63, 3.8) is 0 Å². The maximum absolute atomic E-state index is 14.0. The van der Waals surface area contributed by atoms with E-state index in [1.165, 1.54) is 7.11 Å². The van der Waals surface area contributed by atoms with Crippen LogP contribution in [-0.2, 0) is 27.4 Å². The smallest absolute Gasteiger partial charge is 0.343 e. The average molecular weight is 487 g/mol. The first-order valence-electron chi connectivity index (χ1n) is 11.9. The molecule has 0 spiro atoms. The number of ether oxygens (including phenoxy) is 2. The van der Waals surface area contributed by atoms with Crippen LogP contribution in [0.5, 0.6) is 5.75 Å². The normalized spacial score (nSPS) is 15.5. The van der Waals surface area contributed by atoms with E-state index in [1.807, 2.05) is 74.5 Å². The lowest BCUT2D eigenvalue weighted by molar-refractivity contribution is -0.142. The molecule has 1 aliphatic rings. The molecule has 0 saturated carbocycles. The van der Waals surface area contributed by atoms with Crippen LogP contribution in [0.25, 0.3) is 0 Å². The first-order chi connectivity index (χ1) is 17.4. The highest BCUT2D eigenvalue weighted by Crippen LogP contribution is 2.32. The summed E-state index contributed by atoms with van der Waals surface area (Å²) in [5.41, 5.74) is 2.96. The third kappa shape index (κ3) is 5.40. The molecule has 1 aliphatic heterocycles. The number of amides is 2. The molecule has 4 rings (SSSR count). The lowest BCUT2D eigenvalue weighted by Crippen LogP contribution is -2.50. The number of para-hydroxylation sites is 1. The monoisotopic (exact) mass is 486 g/mol. The van der Waals surface area contributed by atoms with Crippen LogP contribution >= 0.6 is 0 Å². The molecule has 36 heavy (non-hydrogen) atoms. The van der Waals surface area contributed by atoms with Crippen LogP contribution in [0.2, 0.25) is 0 Å². The third-order valence-corrected chi connectivity index (χ3v) is 6.22. The van der Waals surface area contributed by atoms with Crippen molar-refractivity contribution in [2.24, 2.45) is 5.92 Å². The quantitative estimate of drug-likeness (QED) is 0.440. The van der Waals surface area contributed by atoms with Gasteiger partial charge in [0.25, 0.3) is 5.91 Å². The van der Waals surface area contributed by atoms with Gasteiger partial charge in [-0.1, -0.05) is 68.4 Å². The maximum Gasteiger partial charge on any atom is 0.343 e. The molecule has 0 unspecified atom stereocenters. The molecule has 0 radical (unpaired) electrons. The summed E-state index contributed by atoms with van der Waals surface area (Å²) in [6, 6.07) is 23.6. The van der Waals surface area contributed by atoms with E-state index in [0.717, 1.165) is 11.1 Å². The summed E-state index contributed by atoms with van der Waals surface area (Å²) in [4.78, 5) is 42.6.